The Morgan fingerprint density at radius 3 is 2.92 bits per heavy atom. The van der Waals surface area contributed by atoms with Gasteiger partial charge in [0.1, 0.15) is 11.9 Å². The number of rotatable bonds is 3. The number of carboxylic acid groups (broad SMARTS) is 1. The van der Waals surface area contributed by atoms with Crippen LogP contribution in [-0.4, -0.2) is 51.3 Å². The molecule has 0 spiro atoms. The number of imidazole rings is 1. The summed E-state index contributed by atoms with van der Waals surface area (Å²) in [5, 5.41) is 13.9. The van der Waals surface area contributed by atoms with Crippen molar-refractivity contribution < 1.29 is 9.90 Å². The number of pyridine rings is 1. The highest BCUT2D eigenvalue weighted by atomic mass is 35.5. The van der Waals surface area contributed by atoms with Crippen LogP contribution in [0.2, 0.25) is 10.0 Å². The van der Waals surface area contributed by atoms with Gasteiger partial charge in [-0.05, 0) is 12.1 Å². The molecular formula is C17H15Cl2N5O2. The van der Waals surface area contributed by atoms with Crippen LogP contribution in [0.25, 0.3) is 16.6 Å². The molecule has 9 heteroatoms. The molecule has 0 saturated carbocycles. The van der Waals surface area contributed by atoms with E-state index in [1.54, 1.807) is 18.6 Å². The van der Waals surface area contributed by atoms with Crippen molar-refractivity contribution in [1.82, 2.24) is 19.9 Å². The molecule has 2 aromatic heterocycles. The van der Waals surface area contributed by atoms with Gasteiger partial charge < -0.3 is 19.9 Å². The summed E-state index contributed by atoms with van der Waals surface area (Å²) in [5.74, 6) is -0.232. The van der Waals surface area contributed by atoms with Crippen LogP contribution in [0.5, 0.6) is 0 Å². The molecule has 0 aliphatic carbocycles. The van der Waals surface area contributed by atoms with Crippen molar-refractivity contribution in [3.05, 3.63) is 47.0 Å². The fourth-order valence-electron chi connectivity index (χ4n) is 3.10. The van der Waals surface area contributed by atoms with Gasteiger partial charge >= 0.3 is 5.97 Å². The minimum Gasteiger partial charge on any atom is -0.480 e. The van der Waals surface area contributed by atoms with Gasteiger partial charge in [0.15, 0.2) is 0 Å². The van der Waals surface area contributed by atoms with Crippen molar-refractivity contribution in [2.24, 2.45) is 0 Å². The zero-order valence-electron chi connectivity index (χ0n) is 13.6. The van der Waals surface area contributed by atoms with E-state index in [2.05, 4.69) is 15.3 Å². The molecule has 0 amide bonds. The Bertz CT molecular complexity index is 977. The summed E-state index contributed by atoms with van der Waals surface area (Å²) in [5.41, 5.74) is 1.43. The molecule has 134 valence electrons. The number of aliphatic carboxylic acids is 1. The monoisotopic (exact) mass is 391 g/mol. The van der Waals surface area contributed by atoms with Crippen LogP contribution >= 0.6 is 23.2 Å². The quantitative estimate of drug-likeness (QED) is 0.713. The summed E-state index contributed by atoms with van der Waals surface area (Å²) in [4.78, 5) is 22.1. The molecule has 1 aliphatic rings. The maximum Gasteiger partial charge on any atom is 0.322 e. The fraction of sp³-hybridized carbons (Fsp3) is 0.235. The van der Waals surface area contributed by atoms with Gasteiger partial charge in [0, 0.05) is 43.5 Å². The van der Waals surface area contributed by atoms with Crippen molar-refractivity contribution in [1.29, 1.82) is 0 Å². The van der Waals surface area contributed by atoms with Crippen molar-refractivity contribution in [3.63, 3.8) is 0 Å². The molecule has 1 atom stereocenters. The number of benzene rings is 1. The molecule has 3 heterocycles. The smallest absolute Gasteiger partial charge is 0.322 e. The van der Waals surface area contributed by atoms with Crippen LogP contribution in [0.1, 0.15) is 0 Å². The van der Waals surface area contributed by atoms with Crippen molar-refractivity contribution in [3.8, 4) is 5.69 Å². The maximum absolute atomic E-state index is 11.3. The lowest BCUT2D eigenvalue weighted by molar-refractivity contribution is -0.139. The molecule has 0 radical (unpaired) electrons. The van der Waals surface area contributed by atoms with Gasteiger partial charge in [0.25, 0.3) is 0 Å². The molecule has 7 nitrogen and oxygen atoms in total. The minimum absolute atomic E-state index is 0.315. The standard InChI is InChI=1S/C17H15Cl2N5O2/c18-11-2-1-10-13(24-5-3-20-9-24)7-14(22-16(10)15(11)19)23-6-4-21-12(8-23)17(25)26/h1-3,5,7,9,12,21H,4,6,8H2,(H,25,26). The van der Waals surface area contributed by atoms with E-state index in [1.165, 1.54) is 0 Å². The van der Waals surface area contributed by atoms with Crippen molar-refractivity contribution in [2.45, 2.75) is 6.04 Å². The normalized spacial score (nSPS) is 17.6. The number of aromatic nitrogens is 3. The molecule has 3 aromatic rings. The maximum atomic E-state index is 11.3. The Morgan fingerprint density at radius 1 is 1.35 bits per heavy atom. The van der Waals surface area contributed by atoms with Crippen LogP contribution in [-0.2, 0) is 4.79 Å². The van der Waals surface area contributed by atoms with Crippen molar-refractivity contribution >= 4 is 45.9 Å². The molecule has 1 aromatic carbocycles. The van der Waals surface area contributed by atoms with E-state index < -0.39 is 12.0 Å². The van der Waals surface area contributed by atoms with Gasteiger partial charge in [0.2, 0.25) is 0 Å². The summed E-state index contributed by atoms with van der Waals surface area (Å²) in [6, 6.07) is 4.87. The predicted octanol–water partition coefficient (Wildman–Crippen LogP) is 2.59. The summed E-state index contributed by atoms with van der Waals surface area (Å²) in [7, 11) is 0. The van der Waals surface area contributed by atoms with E-state index in [-0.39, 0.29) is 0 Å². The van der Waals surface area contributed by atoms with Gasteiger partial charge in [-0.25, -0.2) is 9.97 Å². The van der Waals surface area contributed by atoms with Gasteiger partial charge in [-0.15, -0.1) is 0 Å². The lowest BCUT2D eigenvalue weighted by atomic mass is 10.1. The number of anilines is 1. The van der Waals surface area contributed by atoms with Gasteiger partial charge in [-0.2, -0.15) is 0 Å². The Labute approximate surface area is 159 Å². The predicted molar refractivity (Wildman–Crippen MR) is 101 cm³/mol. The first-order valence-electron chi connectivity index (χ1n) is 8.03. The second kappa shape index (κ2) is 6.75. The van der Waals surface area contributed by atoms with Gasteiger partial charge in [-0.3, -0.25) is 4.79 Å². The largest absolute Gasteiger partial charge is 0.480 e. The van der Waals surface area contributed by atoms with E-state index in [0.29, 0.717) is 41.0 Å². The summed E-state index contributed by atoms with van der Waals surface area (Å²) in [6.07, 6.45) is 5.21. The highest BCUT2D eigenvalue weighted by Crippen LogP contribution is 2.34. The first-order chi connectivity index (χ1) is 12.5. The number of nitrogens with zero attached hydrogens (tertiary/aromatic N) is 4. The molecule has 2 N–H and O–H groups in total. The van der Waals surface area contributed by atoms with Crippen LogP contribution < -0.4 is 10.2 Å². The minimum atomic E-state index is -0.883. The zero-order valence-corrected chi connectivity index (χ0v) is 15.1. The highest BCUT2D eigenvalue weighted by Gasteiger charge is 2.26. The first-order valence-corrected chi connectivity index (χ1v) is 8.78. The highest BCUT2D eigenvalue weighted by molar-refractivity contribution is 6.45. The Kier molecular flexibility index (Phi) is 4.44. The molecule has 0 bridgehead atoms. The summed E-state index contributed by atoms with van der Waals surface area (Å²) in [6.45, 7) is 1.51. The fourth-order valence-corrected chi connectivity index (χ4v) is 3.46. The number of carbonyl (C=O) groups is 1. The molecular weight excluding hydrogens is 377 g/mol. The van der Waals surface area contributed by atoms with Gasteiger partial charge in [0.05, 0.1) is 27.6 Å². The van der Waals surface area contributed by atoms with Crippen LogP contribution in [0.4, 0.5) is 5.82 Å². The number of piperazine rings is 1. The summed E-state index contributed by atoms with van der Waals surface area (Å²) < 4.78 is 1.87. The number of hydrogen-bond donors (Lipinski definition) is 2. The zero-order chi connectivity index (χ0) is 18.3. The average Bonchev–Trinajstić information content (AvgIpc) is 3.18. The Hall–Kier alpha value is -2.35. The molecule has 1 unspecified atom stereocenters. The average molecular weight is 392 g/mol. The Morgan fingerprint density at radius 2 is 2.19 bits per heavy atom. The first kappa shape index (κ1) is 17.1. The number of hydrogen-bond acceptors (Lipinski definition) is 5. The molecule has 4 rings (SSSR count). The number of fused-ring (bicyclic) bond motifs is 1. The van der Waals surface area contributed by atoms with Crippen molar-refractivity contribution in [2.75, 3.05) is 24.5 Å². The van der Waals surface area contributed by atoms with E-state index >= 15 is 0 Å². The van der Waals surface area contributed by atoms with Gasteiger partial charge in [-0.1, -0.05) is 23.2 Å². The lowest BCUT2D eigenvalue weighted by Crippen LogP contribution is -2.54. The molecule has 1 aliphatic heterocycles. The van der Waals surface area contributed by atoms with E-state index in [9.17, 15) is 9.90 Å². The topological polar surface area (TPSA) is 83.3 Å². The summed E-state index contributed by atoms with van der Waals surface area (Å²) >= 11 is 12.6. The molecule has 26 heavy (non-hydrogen) atoms. The van der Waals surface area contributed by atoms with E-state index in [0.717, 1.165) is 11.1 Å². The van der Waals surface area contributed by atoms with E-state index in [4.69, 9.17) is 23.2 Å². The lowest BCUT2D eigenvalue weighted by Gasteiger charge is -2.33. The van der Waals surface area contributed by atoms with Crippen LogP contribution in [0, 0.1) is 0 Å². The number of carboxylic acids is 1. The van der Waals surface area contributed by atoms with Crippen LogP contribution in [0.3, 0.4) is 0 Å². The third kappa shape index (κ3) is 2.98. The number of halogens is 2. The third-order valence-corrected chi connectivity index (χ3v) is 5.21. The second-order valence-corrected chi connectivity index (χ2v) is 6.80. The third-order valence-electron chi connectivity index (χ3n) is 4.42. The molecule has 1 saturated heterocycles. The van der Waals surface area contributed by atoms with Crippen LogP contribution in [0.15, 0.2) is 36.9 Å². The second-order valence-electron chi connectivity index (χ2n) is 6.02. The molecule has 1 fully saturated rings. The number of nitrogens with one attached hydrogen (secondary N) is 1. The van der Waals surface area contributed by atoms with E-state index in [1.807, 2.05) is 27.8 Å². The Balaban J connectivity index is 1.88. The SMILES string of the molecule is O=C(O)C1CN(c2cc(-n3ccnc3)c3ccc(Cl)c(Cl)c3n2)CCN1.